The van der Waals surface area contributed by atoms with E-state index < -0.39 is 0 Å². The smallest absolute Gasteiger partial charge is 0.256 e. The van der Waals surface area contributed by atoms with Crippen molar-refractivity contribution in [2.24, 2.45) is 5.92 Å². The van der Waals surface area contributed by atoms with Gasteiger partial charge >= 0.3 is 0 Å². The Morgan fingerprint density at radius 3 is 2.47 bits per heavy atom. The van der Waals surface area contributed by atoms with Gasteiger partial charge in [0.2, 0.25) is 0 Å². The molecule has 19 heavy (non-hydrogen) atoms. The van der Waals surface area contributed by atoms with Crippen LogP contribution >= 0.6 is 0 Å². The van der Waals surface area contributed by atoms with Gasteiger partial charge in [-0.05, 0) is 38.3 Å². The van der Waals surface area contributed by atoms with Gasteiger partial charge in [0.1, 0.15) is 0 Å². The van der Waals surface area contributed by atoms with Gasteiger partial charge in [-0.3, -0.25) is 4.79 Å². The van der Waals surface area contributed by atoms with Crippen molar-refractivity contribution in [3.8, 4) is 0 Å². The van der Waals surface area contributed by atoms with Crippen LogP contribution in [0, 0.1) is 5.92 Å². The Kier molecular flexibility index (Phi) is 3.33. The molecule has 1 aliphatic heterocycles. The number of nitrogens with two attached hydrogens (primary N) is 1. The fraction of sp³-hybridized carbons (Fsp3) is 0.562. The molecule has 0 saturated carbocycles. The Bertz CT molecular complexity index is 500. The van der Waals surface area contributed by atoms with Crippen LogP contribution in [0.3, 0.4) is 0 Å². The number of benzene rings is 1. The zero-order valence-corrected chi connectivity index (χ0v) is 12.5. The fourth-order valence-electron chi connectivity index (χ4n) is 2.81. The molecule has 104 valence electrons. The lowest BCUT2D eigenvalue weighted by molar-refractivity contribution is 0.0513. The van der Waals surface area contributed by atoms with E-state index in [2.05, 4.69) is 34.6 Å². The summed E-state index contributed by atoms with van der Waals surface area (Å²) >= 11 is 0. The molecule has 0 radical (unpaired) electrons. The van der Waals surface area contributed by atoms with E-state index >= 15 is 0 Å². The molecule has 0 saturated heterocycles. The van der Waals surface area contributed by atoms with E-state index in [0.717, 1.165) is 12.1 Å². The van der Waals surface area contributed by atoms with Gasteiger partial charge in [0.25, 0.3) is 5.91 Å². The second-order valence-electron chi connectivity index (χ2n) is 6.75. The summed E-state index contributed by atoms with van der Waals surface area (Å²) in [6, 6.07) is 5.82. The minimum absolute atomic E-state index is 0.0671. The number of carbonyl (C=O) groups is 1. The molecule has 0 aliphatic carbocycles. The molecular weight excluding hydrogens is 236 g/mol. The molecule has 0 aromatic heterocycles. The minimum atomic E-state index is -0.176. The first-order valence-corrected chi connectivity index (χ1v) is 6.94. The zero-order valence-electron chi connectivity index (χ0n) is 12.5. The number of nitrogens with zero attached hydrogens (tertiary/aromatic N) is 1. The highest BCUT2D eigenvalue weighted by Crippen LogP contribution is 2.38. The Morgan fingerprint density at radius 2 is 1.95 bits per heavy atom. The summed E-state index contributed by atoms with van der Waals surface area (Å²) in [6.45, 7) is 11.4. The molecule has 0 spiro atoms. The van der Waals surface area contributed by atoms with Crippen molar-refractivity contribution in [2.75, 3.05) is 12.3 Å². The van der Waals surface area contributed by atoms with Gasteiger partial charge in [0.15, 0.2) is 0 Å². The van der Waals surface area contributed by atoms with Gasteiger partial charge in [-0.1, -0.05) is 26.0 Å². The van der Waals surface area contributed by atoms with Crippen molar-refractivity contribution in [2.45, 2.75) is 46.1 Å². The highest BCUT2D eigenvalue weighted by molar-refractivity contribution is 6.02. The molecule has 3 nitrogen and oxygen atoms in total. The van der Waals surface area contributed by atoms with Crippen LogP contribution in [0.1, 0.15) is 56.5 Å². The summed E-state index contributed by atoms with van der Waals surface area (Å²) in [5.74, 6) is 0.909. The van der Waals surface area contributed by atoms with E-state index in [1.807, 2.05) is 23.1 Å². The van der Waals surface area contributed by atoms with E-state index in [4.69, 9.17) is 5.73 Å². The van der Waals surface area contributed by atoms with E-state index in [0.29, 0.717) is 23.1 Å². The summed E-state index contributed by atoms with van der Waals surface area (Å²) in [5, 5.41) is 0. The molecule has 0 bridgehead atoms. The minimum Gasteiger partial charge on any atom is -0.398 e. The van der Waals surface area contributed by atoms with Crippen LogP contribution in [0.25, 0.3) is 0 Å². The van der Waals surface area contributed by atoms with E-state index in [1.165, 1.54) is 0 Å². The average molecular weight is 260 g/mol. The van der Waals surface area contributed by atoms with Crippen LogP contribution in [0.5, 0.6) is 0 Å². The maximum absolute atomic E-state index is 12.7. The number of anilines is 1. The van der Waals surface area contributed by atoms with Crippen molar-refractivity contribution < 1.29 is 4.79 Å². The lowest BCUT2D eigenvalue weighted by Crippen LogP contribution is -2.51. The predicted molar refractivity (Wildman–Crippen MR) is 79.2 cm³/mol. The van der Waals surface area contributed by atoms with Crippen molar-refractivity contribution in [3.05, 3.63) is 29.3 Å². The average Bonchev–Trinajstić information content (AvgIpc) is 2.27. The van der Waals surface area contributed by atoms with E-state index in [-0.39, 0.29) is 11.4 Å². The van der Waals surface area contributed by atoms with Crippen molar-refractivity contribution in [1.29, 1.82) is 0 Å². The third-order valence-corrected chi connectivity index (χ3v) is 3.98. The molecule has 1 aromatic carbocycles. The van der Waals surface area contributed by atoms with Crippen molar-refractivity contribution >= 4 is 11.6 Å². The van der Waals surface area contributed by atoms with Gasteiger partial charge in [-0.15, -0.1) is 0 Å². The molecule has 1 amide bonds. The standard InChI is InChI=1S/C16H24N2O/c1-10(2)12-9-18(16(3,4)5)15(19)14-11(12)7-6-8-13(14)17/h6-8,10,12H,9,17H2,1-5H3. The number of carbonyl (C=O) groups excluding carboxylic acids is 1. The SMILES string of the molecule is CC(C)C1CN(C(C)(C)C)C(=O)c2c(N)cccc21. The number of hydrogen-bond acceptors (Lipinski definition) is 2. The first-order valence-electron chi connectivity index (χ1n) is 6.94. The maximum atomic E-state index is 12.7. The number of amides is 1. The first-order chi connectivity index (χ1) is 8.73. The molecule has 2 N–H and O–H groups in total. The van der Waals surface area contributed by atoms with Crippen LogP contribution in [0.15, 0.2) is 18.2 Å². The van der Waals surface area contributed by atoms with Crippen LogP contribution < -0.4 is 5.73 Å². The van der Waals surface area contributed by atoms with Crippen LogP contribution in [-0.2, 0) is 0 Å². The lowest BCUT2D eigenvalue weighted by atomic mass is 9.80. The number of nitrogen functional groups attached to an aromatic ring is 1. The number of hydrogen-bond donors (Lipinski definition) is 1. The molecule has 1 aromatic rings. The molecule has 0 fully saturated rings. The summed E-state index contributed by atoms with van der Waals surface area (Å²) < 4.78 is 0. The second kappa shape index (κ2) is 4.55. The monoisotopic (exact) mass is 260 g/mol. The van der Waals surface area contributed by atoms with Crippen molar-refractivity contribution in [3.63, 3.8) is 0 Å². The molecular formula is C16H24N2O. The molecule has 2 rings (SSSR count). The van der Waals surface area contributed by atoms with Gasteiger partial charge < -0.3 is 10.6 Å². The topological polar surface area (TPSA) is 46.3 Å². The number of rotatable bonds is 1. The van der Waals surface area contributed by atoms with Gasteiger partial charge in [-0.25, -0.2) is 0 Å². The number of fused-ring (bicyclic) bond motifs is 1. The van der Waals surface area contributed by atoms with E-state index in [1.54, 1.807) is 0 Å². The lowest BCUT2D eigenvalue weighted by Gasteiger charge is -2.43. The molecule has 1 heterocycles. The summed E-state index contributed by atoms with van der Waals surface area (Å²) in [7, 11) is 0. The van der Waals surface area contributed by atoms with Crippen molar-refractivity contribution in [1.82, 2.24) is 4.90 Å². The van der Waals surface area contributed by atoms with Crippen LogP contribution in [0.2, 0.25) is 0 Å². The third-order valence-electron chi connectivity index (χ3n) is 3.98. The largest absolute Gasteiger partial charge is 0.398 e. The summed E-state index contributed by atoms with van der Waals surface area (Å²) in [4.78, 5) is 14.7. The van der Waals surface area contributed by atoms with Gasteiger partial charge in [-0.2, -0.15) is 0 Å². The zero-order chi connectivity index (χ0) is 14.4. The second-order valence-corrected chi connectivity index (χ2v) is 6.75. The summed E-state index contributed by atoms with van der Waals surface area (Å²) in [6.07, 6.45) is 0. The van der Waals surface area contributed by atoms with Gasteiger partial charge in [0, 0.05) is 23.7 Å². The molecule has 1 atom stereocenters. The predicted octanol–water partition coefficient (Wildman–Crippen LogP) is 3.26. The Morgan fingerprint density at radius 1 is 1.32 bits per heavy atom. The summed E-state index contributed by atoms with van der Waals surface area (Å²) in [5.41, 5.74) is 8.30. The maximum Gasteiger partial charge on any atom is 0.256 e. The fourth-order valence-corrected chi connectivity index (χ4v) is 2.81. The van der Waals surface area contributed by atoms with E-state index in [9.17, 15) is 4.79 Å². The highest BCUT2D eigenvalue weighted by atomic mass is 16.2. The normalized spacial score (nSPS) is 19.8. The first kappa shape index (κ1) is 13.9. The Balaban J connectivity index is 2.58. The van der Waals surface area contributed by atoms with Crippen LogP contribution in [0.4, 0.5) is 5.69 Å². The molecule has 1 aliphatic rings. The Labute approximate surface area is 115 Å². The Hall–Kier alpha value is -1.51. The van der Waals surface area contributed by atoms with Crippen LogP contribution in [-0.4, -0.2) is 22.9 Å². The molecule has 1 unspecified atom stereocenters. The quantitative estimate of drug-likeness (QED) is 0.788. The highest BCUT2D eigenvalue weighted by Gasteiger charge is 2.38. The van der Waals surface area contributed by atoms with Gasteiger partial charge in [0.05, 0.1) is 5.56 Å². The molecule has 3 heteroatoms. The third kappa shape index (κ3) is 2.34.